The minimum atomic E-state index is 0.0219. The highest BCUT2D eigenvalue weighted by molar-refractivity contribution is 5.74. The Morgan fingerprint density at radius 3 is 2.63 bits per heavy atom. The molecule has 1 aliphatic rings. The first-order valence-electron chi connectivity index (χ1n) is 6.82. The van der Waals surface area contributed by atoms with Crippen LogP contribution >= 0.6 is 0 Å². The van der Waals surface area contributed by atoms with Gasteiger partial charge in [-0.15, -0.1) is 0 Å². The van der Waals surface area contributed by atoms with Gasteiger partial charge in [-0.2, -0.15) is 0 Å². The van der Waals surface area contributed by atoms with Crippen molar-refractivity contribution >= 4 is 6.03 Å². The highest BCUT2D eigenvalue weighted by atomic mass is 16.5. The number of hydrogen-bond acceptors (Lipinski definition) is 2. The molecular formula is C14H23N3O2. The largest absolute Gasteiger partial charge is 0.378 e. The molecule has 0 saturated carbocycles. The molecule has 0 bridgehead atoms. The maximum absolute atomic E-state index is 11.9. The van der Waals surface area contributed by atoms with E-state index in [1.807, 2.05) is 4.90 Å². The van der Waals surface area contributed by atoms with E-state index in [1.165, 1.54) is 17.0 Å². The van der Waals surface area contributed by atoms with E-state index in [2.05, 4.69) is 36.8 Å². The van der Waals surface area contributed by atoms with Crippen molar-refractivity contribution in [3.8, 4) is 0 Å². The van der Waals surface area contributed by atoms with Crippen molar-refractivity contribution in [3.63, 3.8) is 0 Å². The summed E-state index contributed by atoms with van der Waals surface area (Å²) in [6, 6.07) is 2.21. The predicted molar refractivity (Wildman–Crippen MR) is 74.4 cm³/mol. The third-order valence-corrected chi connectivity index (χ3v) is 3.85. The van der Waals surface area contributed by atoms with E-state index in [-0.39, 0.29) is 6.03 Å². The molecule has 5 heteroatoms. The standard InChI is InChI=1S/C14H23N3O2/c1-11-10-13(12(2)16(11)3)4-5-15-14(18)17-6-8-19-9-7-17/h10H,4-9H2,1-3H3,(H,15,18). The molecule has 1 N–H and O–H groups in total. The number of urea groups is 1. The van der Waals surface area contributed by atoms with E-state index >= 15 is 0 Å². The van der Waals surface area contributed by atoms with Gasteiger partial charge in [0.1, 0.15) is 0 Å². The first kappa shape index (κ1) is 13.9. The summed E-state index contributed by atoms with van der Waals surface area (Å²) in [5.74, 6) is 0. The Bertz CT molecular complexity index is 448. The van der Waals surface area contributed by atoms with Crippen LogP contribution in [-0.2, 0) is 18.2 Å². The molecule has 1 aliphatic heterocycles. The zero-order valence-electron chi connectivity index (χ0n) is 12.0. The Kier molecular flexibility index (Phi) is 4.47. The third-order valence-electron chi connectivity index (χ3n) is 3.85. The van der Waals surface area contributed by atoms with Gasteiger partial charge >= 0.3 is 6.03 Å². The molecule has 0 spiro atoms. The summed E-state index contributed by atoms with van der Waals surface area (Å²) in [5, 5.41) is 2.98. The van der Waals surface area contributed by atoms with Gasteiger partial charge in [0.15, 0.2) is 0 Å². The summed E-state index contributed by atoms with van der Waals surface area (Å²) in [4.78, 5) is 13.7. The molecule has 0 aliphatic carbocycles. The monoisotopic (exact) mass is 265 g/mol. The van der Waals surface area contributed by atoms with Crippen molar-refractivity contribution in [3.05, 3.63) is 23.0 Å². The minimum Gasteiger partial charge on any atom is -0.378 e. The van der Waals surface area contributed by atoms with Crippen LogP contribution in [0.4, 0.5) is 4.79 Å². The highest BCUT2D eigenvalue weighted by Crippen LogP contribution is 2.13. The first-order valence-corrected chi connectivity index (χ1v) is 6.82. The lowest BCUT2D eigenvalue weighted by Gasteiger charge is -2.26. The Labute approximate surface area is 114 Å². The second kappa shape index (κ2) is 6.10. The van der Waals surface area contributed by atoms with Crippen LogP contribution in [0, 0.1) is 13.8 Å². The number of carbonyl (C=O) groups excluding carboxylic acids is 1. The van der Waals surface area contributed by atoms with Gasteiger partial charge in [-0.25, -0.2) is 4.79 Å². The smallest absolute Gasteiger partial charge is 0.317 e. The molecule has 0 aromatic carbocycles. The van der Waals surface area contributed by atoms with E-state index < -0.39 is 0 Å². The maximum Gasteiger partial charge on any atom is 0.317 e. The summed E-state index contributed by atoms with van der Waals surface area (Å²) < 4.78 is 7.41. The van der Waals surface area contributed by atoms with E-state index in [9.17, 15) is 4.79 Å². The molecule has 19 heavy (non-hydrogen) atoms. The van der Waals surface area contributed by atoms with Crippen LogP contribution < -0.4 is 5.32 Å². The third kappa shape index (κ3) is 3.29. The number of nitrogens with zero attached hydrogens (tertiary/aromatic N) is 2. The average Bonchev–Trinajstić information content (AvgIpc) is 2.67. The van der Waals surface area contributed by atoms with Crippen LogP contribution in [0.15, 0.2) is 6.07 Å². The zero-order valence-corrected chi connectivity index (χ0v) is 12.0. The Hall–Kier alpha value is -1.49. The first-order chi connectivity index (χ1) is 9.09. The van der Waals surface area contributed by atoms with Crippen molar-refractivity contribution in [1.29, 1.82) is 0 Å². The molecule has 0 radical (unpaired) electrons. The lowest BCUT2D eigenvalue weighted by atomic mass is 10.2. The number of hydrogen-bond donors (Lipinski definition) is 1. The van der Waals surface area contributed by atoms with Crippen molar-refractivity contribution < 1.29 is 9.53 Å². The van der Waals surface area contributed by atoms with Gasteiger partial charge in [0.05, 0.1) is 13.2 Å². The van der Waals surface area contributed by atoms with Crippen LogP contribution in [0.1, 0.15) is 17.0 Å². The topological polar surface area (TPSA) is 46.5 Å². The number of aryl methyl sites for hydroxylation is 1. The second-order valence-corrected chi connectivity index (χ2v) is 5.04. The summed E-state index contributed by atoms with van der Waals surface area (Å²) >= 11 is 0. The van der Waals surface area contributed by atoms with Crippen molar-refractivity contribution in [2.45, 2.75) is 20.3 Å². The number of aromatic nitrogens is 1. The van der Waals surface area contributed by atoms with Gasteiger partial charge < -0.3 is 19.5 Å². The normalized spacial score (nSPS) is 15.6. The molecule has 1 fully saturated rings. The van der Waals surface area contributed by atoms with Gasteiger partial charge in [0, 0.05) is 38.1 Å². The lowest BCUT2D eigenvalue weighted by molar-refractivity contribution is 0.0533. The highest BCUT2D eigenvalue weighted by Gasteiger charge is 2.16. The fraction of sp³-hybridized carbons (Fsp3) is 0.643. The second-order valence-electron chi connectivity index (χ2n) is 5.04. The summed E-state index contributed by atoms with van der Waals surface area (Å²) in [5.41, 5.74) is 3.84. The van der Waals surface area contributed by atoms with E-state index in [0.717, 1.165) is 6.42 Å². The van der Waals surface area contributed by atoms with Gasteiger partial charge in [-0.3, -0.25) is 0 Å². The fourth-order valence-corrected chi connectivity index (χ4v) is 2.37. The molecule has 1 aromatic heterocycles. The Balaban J connectivity index is 1.79. The zero-order chi connectivity index (χ0) is 13.8. The Morgan fingerprint density at radius 1 is 1.37 bits per heavy atom. The number of ether oxygens (including phenoxy) is 1. The van der Waals surface area contributed by atoms with Gasteiger partial charge in [0.2, 0.25) is 0 Å². The minimum absolute atomic E-state index is 0.0219. The van der Waals surface area contributed by atoms with E-state index in [4.69, 9.17) is 4.74 Å². The van der Waals surface area contributed by atoms with Crippen molar-refractivity contribution in [2.24, 2.45) is 7.05 Å². The number of amides is 2. The predicted octanol–water partition coefficient (Wildman–Crippen LogP) is 1.23. The molecular weight excluding hydrogens is 242 g/mol. The van der Waals surface area contributed by atoms with Crippen LogP contribution in [0.5, 0.6) is 0 Å². The van der Waals surface area contributed by atoms with Crippen LogP contribution in [-0.4, -0.2) is 48.3 Å². The molecule has 0 atom stereocenters. The van der Waals surface area contributed by atoms with Crippen LogP contribution in [0.2, 0.25) is 0 Å². The lowest BCUT2D eigenvalue weighted by Crippen LogP contribution is -2.46. The maximum atomic E-state index is 11.9. The van der Waals surface area contributed by atoms with Crippen LogP contribution in [0.3, 0.4) is 0 Å². The molecule has 1 saturated heterocycles. The molecule has 2 amide bonds. The van der Waals surface area contributed by atoms with Gasteiger partial charge in [-0.1, -0.05) is 0 Å². The molecule has 106 valence electrons. The van der Waals surface area contributed by atoms with E-state index in [1.54, 1.807) is 0 Å². The van der Waals surface area contributed by atoms with E-state index in [0.29, 0.717) is 32.8 Å². The number of rotatable bonds is 3. The van der Waals surface area contributed by atoms with Crippen molar-refractivity contribution in [1.82, 2.24) is 14.8 Å². The SMILES string of the molecule is Cc1cc(CCNC(=O)N2CCOCC2)c(C)n1C. The Morgan fingerprint density at radius 2 is 2.05 bits per heavy atom. The quantitative estimate of drug-likeness (QED) is 0.893. The number of nitrogens with one attached hydrogen (secondary N) is 1. The summed E-state index contributed by atoms with van der Waals surface area (Å²) in [6.45, 7) is 7.56. The molecule has 2 heterocycles. The van der Waals surface area contributed by atoms with Crippen molar-refractivity contribution in [2.75, 3.05) is 32.8 Å². The average molecular weight is 265 g/mol. The molecule has 2 rings (SSSR count). The van der Waals surface area contributed by atoms with Gasteiger partial charge in [-0.05, 0) is 31.9 Å². The molecule has 0 unspecified atom stereocenters. The number of carbonyl (C=O) groups is 1. The van der Waals surface area contributed by atoms with Gasteiger partial charge in [0.25, 0.3) is 0 Å². The van der Waals surface area contributed by atoms with Crippen LogP contribution in [0.25, 0.3) is 0 Å². The fourth-order valence-electron chi connectivity index (χ4n) is 2.37. The summed E-state index contributed by atoms with van der Waals surface area (Å²) in [6.07, 6.45) is 0.879. The molecule has 1 aromatic rings. The molecule has 5 nitrogen and oxygen atoms in total. The number of morpholine rings is 1. The summed E-state index contributed by atoms with van der Waals surface area (Å²) in [7, 11) is 2.07.